The summed E-state index contributed by atoms with van der Waals surface area (Å²) >= 11 is 1.67. The maximum Gasteiger partial charge on any atom is 0.165 e. The molecule has 14 heavy (non-hydrogen) atoms. The van der Waals surface area contributed by atoms with Crippen molar-refractivity contribution in [2.75, 3.05) is 0 Å². The summed E-state index contributed by atoms with van der Waals surface area (Å²) < 4.78 is 1.75. The fourth-order valence-electron chi connectivity index (χ4n) is 1.30. The van der Waals surface area contributed by atoms with E-state index >= 15 is 0 Å². The van der Waals surface area contributed by atoms with Crippen LogP contribution in [-0.2, 0) is 6.54 Å². The minimum Gasteiger partial charge on any atom is -0.324 e. The zero-order valence-electron chi connectivity index (χ0n) is 7.79. The molecule has 0 aliphatic carbocycles. The molecular weight excluding hydrogens is 198 g/mol. The van der Waals surface area contributed by atoms with Crippen molar-refractivity contribution < 1.29 is 0 Å². The number of hydrogen-bond donors (Lipinski definition) is 1. The molecule has 2 aromatic heterocycles. The van der Waals surface area contributed by atoms with Gasteiger partial charge in [0.15, 0.2) is 5.82 Å². The third-order valence-electron chi connectivity index (χ3n) is 2.14. The molecule has 0 radical (unpaired) electrons. The molecule has 0 aliphatic heterocycles. The molecule has 74 valence electrons. The highest BCUT2D eigenvalue weighted by atomic mass is 32.1. The molecule has 2 heterocycles. The molecule has 0 saturated carbocycles. The molecule has 0 fully saturated rings. The maximum absolute atomic E-state index is 5.53. The Morgan fingerprint density at radius 2 is 2.50 bits per heavy atom. The summed E-state index contributed by atoms with van der Waals surface area (Å²) in [6, 6.07) is 2.21. The molecule has 0 bridgehead atoms. The highest BCUT2D eigenvalue weighted by Gasteiger charge is 2.13. The molecule has 2 aromatic rings. The van der Waals surface area contributed by atoms with Gasteiger partial charge in [-0.15, -0.1) is 5.10 Å². The molecule has 5 nitrogen and oxygen atoms in total. The highest BCUT2D eigenvalue weighted by Crippen LogP contribution is 2.19. The standard InChI is InChI=1S/C8H11N5S/c1-6(7-2-3-14-5-7)13-8(4-9)10-11-12-13/h2-3,5-6H,4,9H2,1H3. The Labute approximate surface area is 85.5 Å². The van der Waals surface area contributed by atoms with Gasteiger partial charge in [0.1, 0.15) is 0 Å². The molecule has 2 rings (SSSR count). The minimum absolute atomic E-state index is 0.148. The van der Waals surface area contributed by atoms with E-state index in [2.05, 4.69) is 33.9 Å². The molecule has 1 unspecified atom stereocenters. The quantitative estimate of drug-likeness (QED) is 0.811. The van der Waals surface area contributed by atoms with Crippen LogP contribution in [-0.4, -0.2) is 20.2 Å². The van der Waals surface area contributed by atoms with Gasteiger partial charge < -0.3 is 5.73 Å². The minimum atomic E-state index is 0.148. The zero-order chi connectivity index (χ0) is 9.97. The first kappa shape index (κ1) is 9.29. The van der Waals surface area contributed by atoms with Crippen LogP contribution < -0.4 is 5.73 Å². The Morgan fingerprint density at radius 3 is 3.14 bits per heavy atom. The number of tetrazole rings is 1. The Hall–Kier alpha value is -1.27. The number of rotatable bonds is 3. The van der Waals surface area contributed by atoms with Crippen molar-refractivity contribution in [1.82, 2.24) is 20.2 Å². The number of thiophene rings is 1. The van der Waals surface area contributed by atoms with E-state index in [4.69, 9.17) is 5.73 Å². The smallest absolute Gasteiger partial charge is 0.165 e. The highest BCUT2D eigenvalue weighted by molar-refractivity contribution is 7.07. The second-order valence-corrected chi connectivity index (χ2v) is 3.76. The van der Waals surface area contributed by atoms with Crippen molar-refractivity contribution in [3.8, 4) is 0 Å². The number of hydrogen-bond acceptors (Lipinski definition) is 5. The predicted octanol–water partition coefficient (Wildman–Crippen LogP) is 0.803. The summed E-state index contributed by atoms with van der Waals surface area (Å²) in [5.74, 6) is 0.712. The van der Waals surface area contributed by atoms with Crippen molar-refractivity contribution in [2.45, 2.75) is 19.5 Å². The van der Waals surface area contributed by atoms with E-state index in [1.807, 2.05) is 5.38 Å². The fraction of sp³-hybridized carbons (Fsp3) is 0.375. The van der Waals surface area contributed by atoms with Gasteiger partial charge in [-0.3, -0.25) is 0 Å². The summed E-state index contributed by atoms with van der Waals surface area (Å²) in [6.07, 6.45) is 0. The van der Waals surface area contributed by atoms with Gasteiger partial charge in [0.2, 0.25) is 0 Å². The van der Waals surface area contributed by atoms with Crippen LogP contribution in [0.1, 0.15) is 24.4 Å². The SMILES string of the molecule is CC(c1ccsc1)n1nnnc1CN. The third kappa shape index (κ3) is 1.53. The van der Waals surface area contributed by atoms with Gasteiger partial charge in [-0.1, -0.05) is 0 Å². The molecule has 0 amide bonds. The van der Waals surface area contributed by atoms with Gasteiger partial charge >= 0.3 is 0 Å². The topological polar surface area (TPSA) is 69.6 Å². The van der Waals surface area contributed by atoms with E-state index in [-0.39, 0.29) is 6.04 Å². The lowest BCUT2D eigenvalue weighted by Crippen LogP contribution is -2.14. The van der Waals surface area contributed by atoms with E-state index in [1.54, 1.807) is 16.0 Å². The molecule has 0 saturated heterocycles. The average molecular weight is 209 g/mol. The Balaban J connectivity index is 2.31. The van der Waals surface area contributed by atoms with Gasteiger partial charge in [-0.05, 0) is 39.7 Å². The second-order valence-electron chi connectivity index (χ2n) is 2.98. The van der Waals surface area contributed by atoms with Gasteiger partial charge in [0, 0.05) is 0 Å². The summed E-state index contributed by atoms with van der Waals surface area (Å²) in [5, 5.41) is 15.5. The van der Waals surface area contributed by atoms with Crippen molar-refractivity contribution in [2.24, 2.45) is 5.73 Å². The fourth-order valence-corrected chi connectivity index (χ4v) is 2.05. The monoisotopic (exact) mass is 209 g/mol. The summed E-state index contributed by atoms with van der Waals surface area (Å²) in [5.41, 5.74) is 6.73. The molecule has 1 atom stereocenters. The lowest BCUT2D eigenvalue weighted by molar-refractivity contribution is 0.522. The first-order valence-corrected chi connectivity index (χ1v) is 5.26. The van der Waals surface area contributed by atoms with E-state index in [0.29, 0.717) is 12.4 Å². The summed E-state index contributed by atoms with van der Waals surface area (Å²) in [4.78, 5) is 0. The van der Waals surface area contributed by atoms with Crippen LogP contribution in [0.3, 0.4) is 0 Å². The van der Waals surface area contributed by atoms with Crippen LogP contribution in [0.25, 0.3) is 0 Å². The average Bonchev–Trinajstić information content (AvgIpc) is 2.87. The van der Waals surface area contributed by atoms with Gasteiger partial charge in [0.05, 0.1) is 12.6 Å². The summed E-state index contributed by atoms with van der Waals surface area (Å²) in [6.45, 7) is 2.42. The second kappa shape index (κ2) is 3.85. The molecule has 0 aliphatic rings. The summed E-state index contributed by atoms with van der Waals surface area (Å²) in [7, 11) is 0. The predicted molar refractivity (Wildman–Crippen MR) is 53.8 cm³/mol. The van der Waals surface area contributed by atoms with E-state index in [1.165, 1.54) is 5.56 Å². The zero-order valence-corrected chi connectivity index (χ0v) is 8.61. The van der Waals surface area contributed by atoms with Crippen LogP contribution in [0.5, 0.6) is 0 Å². The van der Waals surface area contributed by atoms with Gasteiger partial charge in [0.25, 0.3) is 0 Å². The first-order chi connectivity index (χ1) is 6.83. The van der Waals surface area contributed by atoms with E-state index in [9.17, 15) is 0 Å². The van der Waals surface area contributed by atoms with E-state index < -0.39 is 0 Å². The lowest BCUT2D eigenvalue weighted by Gasteiger charge is -2.10. The van der Waals surface area contributed by atoms with E-state index in [0.717, 1.165) is 0 Å². The van der Waals surface area contributed by atoms with Crippen LogP contribution in [0.2, 0.25) is 0 Å². The number of aromatic nitrogens is 4. The van der Waals surface area contributed by atoms with Crippen molar-refractivity contribution in [3.05, 3.63) is 28.2 Å². The molecular formula is C8H11N5S. The molecule has 2 N–H and O–H groups in total. The Morgan fingerprint density at radius 1 is 1.64 bits per heavy atom. The normalized spacial score (nSPS) is 13.0. The molecule has 0 aromatic carbocycles. The van der Waals surface area contributed by atoms with Crippen LogP contribution in [0, 0.1) is 0 Å². The maximum atomic E-state index is 5.53. The number of nitrogens with zero attached hydrogens (tertiary/aromatic N) is 4. The van der Waals surface area contributed by atoms with Gasteiger partial charge in [-0.25, -0.2) is 4.68 Å². The number of nitrogens with two attached hydrogens (primary N) is 1. The lowest BCUT2D eigenvalue weighted by atomic mass is 10.2. The van der Waals surface area contributed by atoms with Crippen LogP contribution in [0.15, 0.2) is 16.8 Å². The molecule has 0 spiro atoms. The van der Waals surface area contributed by atoms with Crippen molar-refractivity contribution in [3.63, 3.8) is 0 Å². The Kier molecular flexibility index (Phi) is 2.55. The van der Waals surface area contributed by atoms with Crippen molar-refractivity contribution >= 4 is 11.3 Å². The first-order valence-electron chi connectivity index (χ1n) is 4.32. The largest absolute Gasteiger partial charge is 0.324 e. The van der Waals surface area contributed by atoms with Gasteiger partial charge in [-0.2, -0.15) is 11.3 Å². The van der Waals surface area contributed by atoms with Crippen molar-refractivity contribution in [1.29, 1.82) is 0 Å². The third-order valence-corrected chi connectivity index (χ3v) is 2.84. The van der Waals surface area contributed by atoms with Crippen LogP contribution in [0.4, 0.5) is 0 Å². The Bertz CT molecular complexity index is 394. The molecule has 6 heteroatoms. The van der Waals surface area contributed by atoms with Crippen LogP contribution >= 0.6 is 11.3 Å².